The summed E-state index contributed by atoms with van der Waals surface area (Å²) >= 11 is 0. The molecule has 1 heterocycles. The predicted molar refractivity (Wildman–Crippen MR) is 82.3 cm³/mol. The van der Waals surface area contributed by atoms with Crippen molar-refractivity contribution in [1.82, 2.24) is 4.90 Å². The number of fused-ring (bicyclic) bond motifs is 1. The number of hydrogen-bond donors (Lipinski definition) is 1. The van der Waals surface area contributed by atoms with Gasteiger partial charge in [-0.15, -0.1) is 0 Å². The third kappa shape index (κ3) is 2.69. The van der Waals surface area contributed by atoms with Gasteiger partial charge in [-0.3, -0.25) is 4.90 Å². The minimum Gasteiger partial charge on any atom is -0.478 e. The van der Waals surface area contributed by atoms with Crippen LogP contribution in [0, 0.1) is 13.8 Å². The molecule has 0 aliphatic carbocycles. The van der Waals surface area contributed by atoms with Crippen LogP contribution < -0.4 is 0 Å². The summed E-state index contributed by atoms with van der Waals surface area (Å²) in [7, 11) is 0. The second-order valence-electron chi connectivity index (χ2n) is 5.80. The normalized spacial score (nSPS) is 14.2. The first kappa shape index (κ1) is 13.8. The molecule has 0 radical (unpaired) electrons. The van der Waals surface area contributed by atoms with Gasteiger partial charge in [-0.25, -0.2) is 4.79 Å². The van der Waals surface area contributed by atoms with Crippen LogP contribution in [-0.4, -0.2) is 16.0 Å². The van der Waals surface area contributed by atoms with Gasteiger partial charge >= 0.3 is 5.97 Å². The molecule has 1 N–H and O–H groups in total. The van der Waals surface area contributed by atoms with Gasteiger partial charge in [0.15, 0.2) is 0 Å². The molecule has 3 rings (SSSR count). The largest absolute Gasteiger partial charge is 0.478 e. The molecule has 108 valence electrons. The molecule has 0 unspecified atom stereocenters. The Labute approximate surface area is 124 Å². The molecule has 0 amide bonds. The van der Waals surface area contributed by atoms with Gasteiger partial charge in [0, 0.05) is 19.6 Å². The minimum atomic E-state index is -0.856. The monoisotopic (exact) mass is 281 g/mol. The van der Waals surface area contributed by atoms with Gasteiger partial charge in [0.1, 0.15) is 0 Å². The second kappa shape index (κ2) is 5.34. The molecule has 1 aliphatic rings. The number of aryl methyl sites for hydroxylation is 2. The lowest BCUT2D eigenvalue weighted by Gasteiger charge is -2.18. The standard InChI is InChI=1S/C18H19NO2/c1-12-4-3-5-13(2)17(12)11-19-9-15-7-6-14(18(20)21)8-16(15)10-19/h3-8H,9-11H2,1-2H3,(H,20,21). The molecule has 0 saturated carbocycles. The smallest absolute Gasteiger partial charge is 0.335 e. The van der Waals surface area contributed by atoms with E-state index in [-0.39, 0.29) is 0 Å². The van der Waals surface area contributed by atoms with E-state index in [1.807, 2.05) is 12.1 Å². The molecule has 0 saturated heterocycles. The van der Waals surface area contributed by atoms with Gasteiger partial charge in [-0.1, -0.05) is 24.3 Å². The molecule has 2 aromatic carbocycles. The maximum absolute atomic E-state index is 11.0. The lowest BCUT2D eigenvalue weighted by atomic mass is 10.0. The van der Waals surface area contributed by atoms with Gasteiger partial charge in [0.05, 0.1) is 5.56 Å². The Hall–Kier alpha value is -2.13. The second-order valence-corrected chi connectivity index (χ2v) is 5.80. The highest BCUT2D eigenvalue weighted by molar-refractivity contribution is 5.87. The topological polar surface area (TPSA) is 40.5 Å². The third-order valence-electron chi connectivity index (χ3n) is 4.27. The highest BCUT2D eigenvalue weighted by Gasteiger charge is 2.21. The number of carboxylic acids is 1. The Bertz CT molecular complexity index is 686. The van der Waals surface area contributed by atoms with Crippen LogP contribution in [0.25, 0.3) is 0 Å². The van der Waals surface area contributed by atoms with Crippen LogP contribution in [0.3, 0.4) is 0 Å². The van der Waals surface area contributed by atoms with Gasteiger partial charge in [-0.2, -0.15) is 0 Å². The zero-order chi connectivity index (χ0) is 15.0. The minimum absolute atomic E-state index is 0.377. The summed E-state index contributed by atoms with van der Waals surface area (Å²) in [6.07, 6.45) is 0. The van der Waals surface area contributed by atoms with Crippen molar-refractivity contribution in [3.05, 3.63) is 69.8 Å². The van der Waals surface area contributed by atoms with Gasteiger partial charge in [0.2, 0.25) is 0 Å². The van der Waals surface area contributed by atoms with Gasteiger partial charge in [0.25, 0.3) is 0 Å². The summed E-state index contributed by atoms with van der Waals surface area (Å²) in [6, 6.07) is 11.8. The maximum atomic E-state index is 11.0. The molecule has 0 atom stereocenters. The molecule has 3 heteroatoms. The number of aromatic carboxylic acids is 1. The molecule has 1 aliphatic heterocycles. The summed E-state index contributed by atoms with van der Waals surface area (Å²) in [5.74, 6) is -0.856. The van der Waals surface area contributed by atoms with Crippen LogP contribution in [0.2, 0.25) is 0 Å². The van der Waals surface area contributed by atoms with Crippen molar-refractivity contribution in [2.75, 3.05) is 0 Å². The molecule has 0 fully saturated rings. The Morgan fingerprint density at radius 1 is 1.10 bits per heavy atom. The fraction of sp³-hybridized carbons (Fsp3) is 0.278. The fourth-order valence-corrected chi connectivity index (χ4v) is 3.03. The maximum Gasteiger partial charge on any atom is 0.335 e. The number of carbonyl (C=O) groups is 1. The summed E-state index contributed by atoms with van der Waals surface area (Å²) in [5.41, 5.74) is 6.77. The molecule has 2 aromatic rings. The molecule has 21 heavy (non-hydrogen) atoms. The first-order valence-electron chi connectivity index (χ1n) is 7.17. The van der Waals surface area contributed by atoms with Crippen LogP contribution in [0.1, 0.15) is 38.2 Å². The number of benzene rings is 2. The Balaban J connectivity index is 1.80. The van der Waals surface area contributed by atoms with Crippen molar-refractivity contribution >= 4 is 5.97 Å². The average Bonchev–Trinajstić information content (AvgIpc) is 2.84. The first-order valence-corrected chi connectivity index (χ1v) is 7.17. The lowest BCUT2D eigenvalue weighted by Crippen LogP contribution is -2.17. The zero-order valence-corrected chi connectivity index (χ0v) is 12.4. The van der Waals surface area contributed by atoms with E-state index in [9.17, 15) is 4.79 Å². The SMILES string of the molecule is Cc1cccc(C)c1CN1Cc2ccc(C(=O)O)cc2C1. The van der Waals surface area contributed by atoms with Crippen molar-refractivity contribution in [2.45, 2.75) is 33.5 Å². The van der Waals surface area contributed by atoms with Gasteiger partial charge in [-0.05, 0) is 53.8 Å². The Morgan fingerprint density at radius 2 is 1.76 bits per heavy atom. The summed E-state index contributed by atoms with van der Waals surface area (Å²) < 4.78 is 0. The third-order valence-corrected chi connectivity index (χ3v) is 4.27. The van der Waals surface area contributed by atoms with E-state index < -0.39 is 5.97 Å². The average molecular weight is 281 g/mol. The first-order chi connectivity index (χ1) is 10.0. The van der Waals surface area contributed by atoms with E-state index in [0.29, 0.717) is 5.56 Å². The number of carboxylic acid groups (broad SMARTS) is 1. The molecule has 3 nitrogen and oxygen atoms in total. The number of nitrogens with zero attached hydrogens (tertiary/aromatic N) is 1. The van der Waals surface area contributed by atoms with E-state index in [1.54, 1.807) is 6.07 Å². The summed E-state index contributed by atoms with van der Waals surface area (Å²) in [4.78, 5) is 13.4. The fourth-order valence-electron chi connectivity index (χ4n) is 3.03. The van der Waals surface area contributed by atoms with E-state index in [4.69, 9.17) is 5.11 Å². The highest BCUT2D eigenvalue weighted by Crippen LogP contribution is 2.27. The van der Waals surface area contributed by atoms with Crippen molar-refractivity contribution < 1.29 is 9.90 Å². The van der Waals surface area contributed by atoms with E-state index in [2.05, 4.69) is 36.9 Å². The predicted octanol–water partition coefficient (Wildman–Crippen LogP) is 3.52. The van der Waals surface area contributed by atoms with E-state index in [1.165, 1.54) is 22.3 Å². The molecule has 0 aromatic heterocycles. The van der Waals surface area contributed by atoms with Gasteiger partial charge < -0.3 is 5.11 Å². The molecule has 0 spiro atoms. The van der Waals surface area contributed by atoms with Crippen LogP contribution in [0.4, 0.5) is 0 Å². The number of hydrogen-bond acceptors (Lipinski definition) is 2. The van der Waals surface area contributed by atoms with Crippen molar-refractivity contribution in [2.24, 2.45) is 0 Å². The summed E-state index contributed by atoms with van der Waals surface area (Å²) in [6.45, 7) is 6.92. The number of rotatable bonds is 3. The van der Waals surface area contributed by atoms with Crippen LogP contribution >= 0.6 is 0 Å². The van der Waals surface area contributed by atoms with Crippen molar-refractivity contribution in [3.63, 3.8) is 0 Å². The van der Waals surface area contributed by atoms with Crippen molar-refractivity contribution in [1.29, 1.82) is 0 Å². The molecular weight excluding hydrogens is 262 g/mol. The lowest BCUT2D eigenvalue weighted by molar-refractivity contribution is 0.0696. The van der Waals surface area contributed by atoms with Crippen LogP contribution in [0.5, 0.6) is 0 Å². The molecular formula is C18H19NO2. The highest BCUT2D eigenvalue weighted by atomic mass is 16.4. The van der Waals surface area contributed by atoms with Crippen LogP contribution in [0.15, 0.2) is 36.4 Å². The Morgan fingerprint density at radius 3 is 2.43 bits per heavy atom. The summed E-state index contributed by atoms with van der Waals surface area (Å²) in [5, 5.41) is 9.08. The molecule has 0 bridgehead atoms. The van der Waals surface area contributed by atoms with Crippen LogP contribution in [-0.2, 0) is 19.6 Å². The Kier molecular flexibility index (Phi) is 3.52. The van der Waals surface area contributed by atoms with Crippen molar-refractivity contribution in [3.8, 4) is 0 Å². The zero-order valence-electron chi connectivity index (χ0n) is 12.4. The quantitative estimate of drug-likeness (QED) is 0.935. The van der Waals surface area contributed by atoms with E-state index >= 15 is 0 Å². The van der Waals surface area contributed by atoms with E-state index in [0.717, 1.165) is 25.2 Å².